The third kappa shape index (κ3) is 8.06. The summed E-state index contributed by atoms with van der Waals surface area (Å²) in [5.74, 6) is 2.30. The smallest absolute Gasteiger partial charge is 0.119 e. The van der Waals surface area contributed by atoms with Crippen molar-refractivity contribution >= 4 is 11.9 Å². The molecule has 2 aliphatic rings. The van der Waals surface area contributed by atoms with Crippen LogP contribution >= 0.6 is 0 Å². The minimum absolute atomic E-state index is 0.00506. The summed E-state index contributed by atoms with van der Waals surface area (Å²) in [6.07, 6.45) is 11.1. The Bertz CT molecular complexity index is 1580. The summed E-state index contributed by atoms with van der Waals surface area (Å²) in [4.78, 5) is 2.52. The molecular formula is C39H41N3O2. The zero-order valence-corrected chi connectivity index (χ0v) is 25.2. The maximum atomic E-state index is 7.78. The molecule has 0 unspecified atom stereocenters. The molecule has 1 heterocycles. The van der Waals surface area contributed by atoms with Gasteiger partial charge in [0.1, 0.15) is 24.7 Å². The van der Waals surface area contributed by atoms with Crippen molar-refractivity contribution in [3.8, 4) is 5.75 Å². The van der Waals surface area contributed by atoms with Crippen molar-refractivity contribution in [1.82, 2.24) is 5.32 Å². The highest BCUT2D eigenvalue weighted by molar-refractivity contribution is 5.61. The summed E-state index contributed by atoms with van der Waals surface area (Å²) in [7, 11) is 0. The predicted molar refractivity (Wildman–Crippen MR) is 179 cm³/mol. The van der Waals surface area contributed by atoms with Gasteiger partial charge in [-0.2, -0.15) is 0 Å². The van der Waals surface area contributed by atoms with Gasteiger partial charge in [-0.15, -0.1) is 0 Å². The molecule has 0 saturated carbocycles. The second-order valence-corrected chi connectivity index (χ2v) is 11.7. The van der Waals surface area contributed by atoms with Crippen molar-refractivity contribution in [2.45, 2.75) is 45.1 Å². The van der Waals surface area contributed by atoms with Crippen LogP contribution in [0.1, 0.15) is 34.2 Å². The summed E-state index contributed by atoms with van der Waals surface area (Å²) >= 11 is 0. The second kappa shape index (κ2) is 14.7. The number of anilines is 1. The van der Waals surface area contributed by atoms with Crippen LogP contribution < -0.4 is 15.0 Å². The lowest BCUT2D eigenvalue weighted by Crippen LogP contribution is -2.31. The number of para-hydroxylation sites is 1. The van der Waals surface area contributed by atoms with E-state index in [9.17, 15) is 0 Å². The first kappa shape index (κ1) is 29.5. The molecule has 0 aromatic heterocycles. The minimum atomic E-state index is 0.00506. The predicted octanol–water partition coefficient (Wildman–Crippen LogP) is 7.66. The lowest BCUT2D eigenvalue weighted by Gasteiger charge is -2.25. The summed E-state index contributed by atoms with van der Waals surface area (Å²) in [5.41, 5.74) is 7.50. The highest BCUT2D eigenvalue weighted by Gasteiger charge is 2.21. The second-order valence-electron chi connectivity index (χ2n) is 11.7. The van der Waals surface area contributed by atoms with E-state index in [0.29, 0.717) is 25.7 Å². The van der Waals surface area contributed by atoms with E-state index in [2.05, 4.69) is 101 Å². The Morgan fingerprint density at radius 1 is 0.818 bits per heavy atom. The Morgan fingerprint density at radius 2 is 1.57 bits per heavy atom. The Balaban J connectivity index is 0.924. The molecule has 1 aliphatic carbocycles. The Morgan fingerprint density at radius 3 is 2.34 bits per heavy atom. The quantitative estimate of drug-likeness (QED) is 0.150. The van der Waals surface area contributed by atoms with Gasteiger partial charge < -0.3 is 25.1 Å². The molecule has 4 aromatic rings. The molecule has 5 nitrogen and oxygen atoms in total. The van der Waals surface area contributed by atoms with E-state index in [1.807, 2.05) is 30.3 Å². The molecule has 0 radical (unpaired) electrons. The molecule has 0 fully saturated rings. The minimum Gasteiger partial charge on any atom is -0.489 e. The third-order valence-corrected chi connectivity index (χ3v) is 8.39. The van der Waals surface area contributed by atoms with Crippen molar-refractivity contribution in [3.63, 3.8) is 0 Å². The van der Waals surface area contributed by atoms with Crippen LogP contribution in [0.15, 0.2) is 127 Å². The van der Waals surface area contributed by atoms with E-state index in [0.717, 1.165) is 60.6 Å². The zero-order valence-electron chi connectivity index (χ0n) is 25.2. The fourth-order valence-electron chi connectivity index (χ4n) is 5.92. The van der Waals surface area contributed by atoms with E-state index in [1.54, 1.807) is 0 Å². The molecule has 0 bridgehead atoms. The molecule has 6 rings (SSSR count). The number of allylic oxidation sites excluding steroid dienone is 2. The Kier molecular flexibility index (Phi) is 9.85. The Hall–Kier alpha value is -4.61. The number of hydrogen-bond acceptors (Lipinski definition) is 5. The molecule has 4 aromatic carbocycles. The monoisotopic (exact) mass is 583 g/mol. The van der Waals surface area contributed by atoms with Crippen molar-refractivity contribution in [3.05, 3.63) is 155 Å². The SMILES string of the molecule is N=C[C@H](Cc1ccccc1)NCc1ccc(OCc2cccc(COC3=CC[C@@H](CN4CCc5ccccc54)C=C3)c2)cc1. The van der Waals surface area contributed by atoms with E-state index in [-0.39, 0.29) is 6.04 Å². The van der Waals surface area contributed by atoms with Gasteiger partial charge in [0.15, 0.2) is 0 Å². The summed E-state index contributed by atoms with van der Waals surface area (Å²) in [5, 5.41) is 11.2. The first-order valence-corrected chi connectivity index (χ1v) is 15.6. The highest BCUT2D eigenvalue weighted by atomic mass is 16.5. The lowest BCUT2D eigenvalue weighted by atomic mass is 9.99. The van der Waals surface area contributed by atoms with E-state index in [4.69, 9.17) is 14.9 Å². The zero-order chi connectivity index (χ0) is 30.0. The van der Waals surface area contributed by atoms with Gasteiger partial charge in [-0.3, -0.25) is 0 Å². The van der Waals surface area contributed by atoms with Gasteiger partial charge in [-0.25, -0.2) is 0 Å². The summed E-state index contributed by atoms with van der Waals surface area (Å²) < 4.78 is 12.2. The molecule has 44 heavy (non-hydrogen) atoms. The van der Waals surface area contributed by atoms with E-state index >= 15 is 0 Å². The molecule has 2 N–H and O–H groups in total. The largest absolute Gasteiger partial charge is 0.489 e. The third-order valence-electron chi connectivity index (χ3n) is 8.39. The number of nitrogens with one attached hydrogen (secondary N) is 2. The Labute approximate surface area is 261 Å². The maximum Gasteiger partial charge on any atom is 0.119 e. The molecule has 0 saturated heterocycles. The molecule has 0 spiro atoms. The van der Waals surface area contributed by atoms with E-state index in [1.165, 1.54) is 23.0 Å². The van der Waals surface area contributed by atoms with Crippen LogP contribution in [0.3, 0.4) is 0 Å². The van der Waals surface area contributed by atoms with Gasteiger partial charge in [0, 0.05) is 37.6 Å². The molecule has 5 heteroatoms. The lowest BCUT2D eigenvalue weighted by molar-refractivity contribution is 0.207. The fourth-order valence-corrected chi connectivity index (χ4v) is 5.92. The number of nitrogens with zero attached hydrogens (tertiary/aromatic N) is 1. The van der Waals surface area contributed by atoms with Crippen LogP contribution in [-0.2, 0) is 37.3 Å². The normalized spacial score (nSPS) is 16.2. The maximum absolute atomic E-state index is 7.78. The van der Waals surface area contributed by atoms with Crippen LogP contribution in [-0.4, -0.2) is 25.3 Å². The average Bonchev–Trinajstić information content (AvgIpc) is 3.49. The van der Waals surface area contributed by atoms with Crippen molar-refractivity contribution < 1.29 is 9.47 Å². The van der Waals surface area contributed by atoms with Gasteiger partial charge >= 0.3 is 0 Å². The van der Waals surface area contributed by atoms with Gasteiger partial charge in [0.25, 0.3) is 0 Å². The summed E-state index contributed by atoms with van der Waals surface area (Å²) in [6.45, 7) is 3.91. The van der Waals surface area contributed by atoms with Crippen molar-refractivity contribution in [2.75, 3.05) is 18.0 Å². The van der Waals surface area contributed by atoms with Crippen LogP contribution in [0.2, 0.25) is 0 Å². The molecule has 1 aliphatic heterocycles. The van der Waals surface area contributed by atoms with Crippen molar-refractivity contribution in [1.29, 1.82) is 5.41 Å². The molecule has 2 atom stereocenters. The number of ether oxygens (including phenoxy) is 2. The first-order chi connectivity index (χ1) is 21.7. The standard InChI is InChI=1S/C39H41N3O2/c40-25-36(24-30-7-2-1-3-8-30)41-26-31-13-17-37(18-14-31)43-28-33-9-6-10-34(23-33)29-44-38-19-15-32(16-20-38)27-42-22-21-35-11-4-5-12-39(35)42/h1-15,17-20,23,25,32,36,40-41H,16,21-22,24,26-29H2/t32-,36-/m0/s1. The van der Waals surface area contributed by atoms with Gasteiger partial charge in [0.2, 0.25) is 0 Å². The number of fused-ring (bicyclic) bond motifs is 1. The average molecular weight is 584 g/mol. The van der Waals surface area contributed by atoms with Crippen LogP contribution in [0.5, 0.6) is 5.75 Å². The number of hydrogen-bond donors (Lipinski definition) is 2. The van der Waals surface area contributed by atoms with Gasteiger partial charge in [-0.1, -0.05) is 84.9 Å². The highest BCUT2D eigenvalue weighted by Crippen LogP contribution is 2.30. The van der Waals surface area contributed by atoms with Crippen molar-refractivity contribution in [2.24, 2.45) is 5.92 Å². The number of benzene rings is 4. The van der Waals surface area contributed by atoms with Gasteiger partial charge in [-0.05, 0) is 89.4 Å². The summed E-state index contributed by atoms with van der Waals surface area (Å²) in [6, 6.07) is 35.7. The van der Waals surface area contributed by atoms with Crippen LogP contribution in [0.4, 0.5) is 5.69 Å². The van der Waals surface area contributed by atoms with Crippen LogP contribution in [0.25, 0.3) is 0 Å². The fraction of sp³-hybridized carbons (Fsp3) is 0.256. The molecule has 0 amide bonds. The van der Waals surface area contributed by atoms with E-state index < -0.39 is 0 Å². The molecular weight excluding hydrogens is 542 g/mol. The molecule has 224 valence electrons. The topological polar surface area (TPSA) is 57.6 Å². The van der Waals surface area contributed by atoms with Gasteiger partial charge in [0.05, 0.1) is 0 Å². The first-order valence-electron chi connectivity index (χ1n) is 15.6. The van der Waals surface area contributed by atoms with Crippen LogP contribution in [0, 0.1) is 11.3 Å². The number of rotatable bonds is 14.